The molecule has 1 amide bonds. The van der Waals surface area contributed by atoms with Crippen molar-refractivity contribution in [1.82, 2.24) is 14.8 Å². The van der Waals surface area contributed by atoms with Crippen molar-refractivity contribution in [1.29, 1.82) is 0 Å². The number of aromatic nitrogens is 1. The highest BCUT2D eigenvalue weighted by Crippen LogP contribution is 2.23. The zero-order chi connectivity index (χ0) is 13.1. The Balaban J connectivity index is 2.17. The number of fused-ring (bicyclic) bond motifs is 1. The van der Waals surface area contributed by atoms with Gasteiger partial charge >= 0.3 is 0 Å². The van der Waals surface area contributed by atoms with E-state index in [-0.39, 0.29) is 12.0 Å². The Morgan fingerprint density at radius 1 is 1.56 bits per heavy atom. The van der Waals surface area contributed by atoms with Crippen LogP contribution in [0.1, 0.15) is 16.9 Å². The molecule has 0 bridgehead atoms. The van der Waals surface area contributed by atoms with E-state index in [4.69, 9.17) is 4.74 Å². The van der Waals surface area contributed by atoms with E-state index < -0.39 is 0 Å². The first-order chi connectivity index (χ1) is 8.58. The third-order valence-corrected chi connectivity index (χ3v) is 2.99. The van der Waals surface area contributed by atoms with Crippen molar-refractivity contribution in [2.75, 3.05) is 34.2 Å². The Kier molecular flexibility index (Phi) is 3.81. The molecule has 1 aromatic heterocycles. The lowest BCUT2D eigenvalue weighted by Crippen LogP contribution is -2.35. The molecule has 0 spiro atoms. The minimum Gasteiger partial charge on any atom is -0.486 e. The van der Waals surface area contributed by atoms with Crippen LogP contribution in [-0.2, 0) is 0 Å². The summed E-state index contributed by atoms with van der Waals surface area (Å²) < 4.78 is 5.90. The van der Waals surface area contributed by atoms with Gasteiger partial charge in [-0.1, -0.05) is 0 Å². The lowest BCUT2D eigenvalue weighted by Gasteiger charge is -2.21. The summed E-state index contributed by atoms with van der Waals surface area (Å²) in [5.74, 6) is 0.522. The van der Waals surface area contributed by atoms with E-state index in [1.807, 2.05) is 20.2 Å². The Labute approximate surface area is 107 Å². The van der Waals surface area contributed by atoms with Gasteiger partial charge in [0.2, 0.25) is 0 Å². The summed E-state index contributed by atoms with van der Waals surface area (Å²) in [6.07, 6.45) is 2.53. The second-order valence-corrected chi connectivity index (χ2v) is 4.87. The Hall–Kier alpha value is -1.62. The van der Waals surface area contributed by atoms with Crippen LogP contribution in [0.3, 0.4) is 0 Å². The van der Waals surface area contributed by atoms with Crippen LogP contribution in [0.5, 0.6) is 5.75 Å². The minimum atomic E-state index is -0.0713. The molecular formula is C13H19N3O2. The number of rotatable bonds is 3. The zero-order valence-corrected chi connectivity index (χ0v) is 11.1. The molecule has 1 aliphatic rings. The minimum absolute atomic E-state index is 0.0202. The van der Waals surface area contributed by atoms with Crippen molar-refractivity contribution in [3.63, 3.8) is 0 Å². The first-order valence-electron chi connectivity index (χ1n) is 6.10. The standard InChI is InChI=1S/C13H19N3O2/c1-15(2)8-6-10-9-16(3)13(17)12-11(18-10)5-4-7-14-12/h4-5,7,10H,6,8-9H2,1-3H3. The Morgan fingerprint density at radius 3 is 3.06 bits per heavy atom. The number of carbonyl (C=O) groups excluding carboxylic acids is 1. The van der Waals surface area contributed by atoms with Crippen molar-refractivity contribution in [2.45, 2.75) is 12.5 Å². The van der Waals surface area contributed by atoms with E-state index >= 15 is 0 Å². The fourth-order valence-electron chi connectivity index (χ4n) is 1.98. The maximum absolute atomic E-state index is 12.1. The van der Waals surface area contributed by atoms with Gasteiger partial charge in [-0.05, 0) is 32.6 Å². The monoisotopic (exact) mass is 249 g/mol. The van der Waals surface area contributed by atoms with Gasteiger partial charge in [-0.15, -0.1) is 0 Å². The smallest absolute Gasteiger partial charge is 0.276 e. The van der Waals surface area contributed by atoms with Crippen LogP contribution in [0.25, 0.3) is 0 Å². The molecule has 1 aromatic rings. The molecule has 5 heteroatoms. The van der Waals surface area contributed by atoms with E-state index in [0.717, 1.165) is 13.0 Å². The molecule has 2 heterocycles. The molecule has 1 aliphatic heterocycles. The number of hydrogen-bond acceptors (Lipinski definition) is 4. The van der Waals surface area contributed by atoms with Crippen LogP contribution >= 0.6 is 0 Å². The Morgan fingerprint density at radius 2 is 2.33 bits per heavy atom. The van der Waals surface area contributed by atoms with Crippen LogP contribution in [0.15, 0.2) is 18.3 Å². The molecule has 0 aromatic carbocycles. The molecular weight excluding hydrogens is 230 g/mol. The van der Waals surface area contributed by atoms with Gasteiger partial charge < -0.3 is 14.5 Å². The van der Waals surface area contributed by atoms with Crippen LogP contribution in [0, 0.1) is 0 Å². The van der Waals surface area contributed by atoms with Gasteiger partial charge in [0.15, 0.2) is 11.4 Å². The topological polar surface area (TPSA) is 45.7 Å². The molecule has 98 valence electrons. The largest absolute Gasteiger partial charge is 0.486 e. The number of likely N-dealkylation sites (N-methyl/N-ethyl adjacent to an activating group) is 1. The van der Waals surface area contributed by atoms with Gasteiger partial charge in [-0.25, -0.2) is 4.98 Å². The van der Waals surface area contributed by atoms with E-state index in [1.165, 1.54) is 0 Å². The van der Waals surface area contributed by atoms with Gasteiger partial charge in [0, 0.05) is 19.8 Å². The molecule has 5 nitrogen and oxygen atoms in total. The number of hydrogen-bond donors (Lipinski definition) is 0. The van der Waals surface area contributed by atoms with Crippen molar-refractivity contribution >= 4 is 5.91 Å². The number of nitrogens with zero attached hydrogens (tertiary/aromatic N) is 3. The molecule has 0 N–H and O–H groups in total. The molecule has 0 saturated carbocycles. The maximum atomic E-state index is 12.1. The first-order valence-corrected chi connectivity index (χ1v) is 6.10. The summed E-state index contributed by atoms with van der Waals surface area (Å²) in [7, 11) is 5.85. The lowest BCUT2D eigenvalue weighted by atomic mass is 10.2. The normalized spacial score (nSPS) is 19.4. The third-order valence-electron chi connectivity index (χ3n) is 2.99. The molecule has 0 fully saturated rings. The third kappa shape index (κ3) is 2.79. The fourth-order valence-corrected chi connectivity index (χ4v) is 1.98. The average Bonchev–Trinajstić information content (AvgIpc) is 2.46. The van der Waals surface area contributed by atoms with E-state index in [0.29, 0.717) is 18.0 Å². The van der Waals surface area contributed by atoms with Crippen LogP contribution < -0.4 is 4.74 Å². The molecule has 0 radical (unpaired) electrons. The van der Waals surface area contributed by atoms with Gasteiger partial charge in [0.25, 0.3) is 5.91 Å². The summed E-state index contributed by atoms with van der Waals surface area (Å²) in [6, 6.07) is 3.60. The lowest BCUT2D eigenvalue weighted by molar-refractivity contribution is 0.0747. The zero-order valence-electron chi connectivity index (χ0n) is 11.1. The summed E-state index contributed by atoms with van der Waals surface area (Å²) >= 11 is 0. The summed E-state index contributed by atoms with van der Waals surface area (Å²) in [5, 5.41) is 0. The van der Waals surface area contributed by atoms with Crippen molar-refractivity contribution < 1.29 is 9.53 Å². The average molecular weight is 249 g/mol. The summed E-state index contributed by atoms with van der Waals surface area (Å²) in [5.41, 5.74) is 0.410. The second kappa shape index (κ2) is 5.35. The predicted octanol–water partition coefficient (Wildman–Crippen LogP) is 0.866. The van der Waals surface area contributed by atoms with Crippen LogP contribution in [0.4, 0.5) is 0 Å². The number of carbonyl (C=O) groups is 1. The summed E-state index contributed by atoms with van der Waals surface area (Å²) in [4.78, 5) is 20.0. The van der Waals surface area contributed by atoms with Crippen LogP contribution in [0.2, 0.25) is 0 Å². The van der Waals surface area contributed by atoms with E-state index in [1.54, 1.807) is 24.2 Å². The highest BCUT2D eigenvalue weighted by molar-refractivity contribution is 5.95. The first kappa shape index (κ1) is 12.8. The number of ether oxygens (including phenoxy) is 1. The van der Waals surface area contributed by atoms with E-state index in [2.05, 4.69) is 9.88 Å². The second-order valence-electron chi connectivity index (χ2n) is 4.87. The maximum Gasteiger partial charge on any atom is 0.276 e. The number of amides is 1. The van der Waals surface area contributed by atoms with Gasteiger partial charge in [-0.3, -0.25) is 4.79 Å². The molecule has 1 unspecified atom stereocenters. The van der Waals surface area contributed by atoms with Crippen molar-refractivity contribution in [3.05, 3.63) is 24.0 Å². The SMILES string of the molecule is CN(C)CCC1CN(C)C(=O)c2ncccc2O1. The molecule has 1 atom stereocenters. The Bertz CT molecular complexity index is 434. The van der Waals surface area contributed by atoms with Gasteiger partial charge in [0.05, 0.1) is 6.54 Å². The highest BCUT2D eigenvalue weighted by Gasteiger charge is 2.27. The molecule has 18 heavy (non-hydrogen) atoms. The number of pyridine rings is 1. The van der Waals surface area contributed by atoms with E-state index in [9.17, 15) is 4.79 Å². The van der Waals surface area contributed by atoms with Crippen molar-refractivity contribution in [2.24, 2.45) is 0 Å². The molecule has 0 saturated heterocycles. The van der Waals surface area contributed by atoms with Gasteiger partial charge in [0.1, 0.15) is 6.10 Å². The molecule has 0 aliphatic carbocycles. The van der Waals surface area contributed by atoms with Crippen molar-refractivity contribution in [3.8, 4) is 5.75 Å². The quantitative estimate of drug-likeness (QED) is 0.797. The van der Waals surface area contributed by atoms with Gasteiger partial charge in [-0.2, -0.15) is 0 Å². The van der Waals surface area contributed by atoms with Crippen LogP contribution in [-0.4, -0.2) is 61.0 Å². The molecule has 2 rings (SSSR count). The predicted molar refractivity (Wildman–Crippen MR) is 68.8 cm³/mol. The summed E-state index contributed by atoms with van der Waals surface area (Å²) in [6.45, 7) is 1.53. The highest BCUT2D eigenvalue weighted by atomic mass is 16.5. The fraction of sp³-hybridized carbons (Fsp3) is 0.538.